The molecule has 0 fully saturated rings. The smallest absolute Gasteiger partial charge is 0.254 e. The largest absolute Gasteiger partial charge is 0.337 e. The molecule has 168 valence electrons. The van der Waals surface area contributed by atoms with E-state index in [0.29, 0.717) is 43.1 Å². The van der Waals surface area contributed by atoms with Crippen molar-refractivity contribution in [3.63, 3.8) is 0 Å². The Hall–Kier alpha value is -3.39. The number of aryl methyl sites for hydroxylation is 1. The molecule has 3 rings (SSSR count). The molecule has 1 N–H and O–H groups in total. The molecule has 0 unspecified atom stereocenters. The summed E-state index contributed by atoms with van der Waals surface area (Å²) in [5.41, 5.74) is 2.50. The van der Waals surface area contributed by atoms with E-state index >= 15 is 0 Å². The Bertz CT molecular complexity index is 1100. The number of halogens is 1. The highest BCUT2D eigenvalue weighted by atomic mass is 19.1. The van der Waals surface area contributed by atoms with E-state index < -0.39 is 0 Å². The zero-order valence-electron chi connectivity index (χ0n) is 18.6. The molecule has 0 spiro atoms. The molecule has 0 saturated heterocycles. The van der Waals surface area contributed by atoms with Crippen LogP contribution in [0, 0.1) is 12.7 Å². The molecule has 8 heteroatoms. The molecule has 0 aliphatic heterocycles. The number of likely N-dealkylation sites (N-methyl/N-ethyl adjacent to an activating group) is 1. The van der Waals surface area contributed by atoms with Gasteiger partial charge in [-0.1, -0.05) is 12.1 Å². The van der Waals surface area contributed by atoms with Crippen LogP contribution in [0.1, 0.15) is 23.2 Å². The Morgan fingerprint density at radius 1 is 1.06 bits per heavy atom. The molecule has 1 amide bonds. The van der Waals surface area contributed by atoms with Crippen LogP contribution in [0.15, 0.2) is 53.6 Å². The van der Waals surface area contributed by atoms with Gasteiger partial charge in [-0.2, -0.15) is 0 Å². The highest BCUT2D eigenvalue weighted by molar-refractivity contribution is 5.76. The molecule has 0 atom stereocenters. The molecule has 3 aromatic rings. The number of rotatable bonds is 9. The maximum atomic E-state index is 13.2. The maximum Gasteiger partial charge on any atom is 0.254 e. The lowest BCUT2D eigenvalue weighted by molar-refractivity contribution is -0.132. The zero-order valence-corrected chi connectivity index (χ0v) is 18.6. The summed E-state index contributed by atoms with van der Waals surface area (Å²) in [4.78, 5) is 40.7. The molecular weight excluding hydrogens is 409 g/mol. The highest BCUT2D eigenvalue weighted by Crippen LogP contribution is 2.14. The van der Waals surface area contributed by atoms with Crippen molar-refractivity contribution in [3.05, 3.63) is 81.8 Å². The highest BCUT2D eigenvalue weighted by Gasteiger charge is 2.17. The predicted molar refractivity (Wildman–Crippen MR) is 122 cm³/mol. The molecule has 32 heavy (non-hydrogen) atoms. The number of hydrogen-bond donors (Lipinski definition) is 1. The lowest BCUT2D eigenvalue weighted by atomic mass is 10.1. The number of hydrogen-bond acceptors (Lipinski definition) is 5. The van der Waals surface area contributed by atoms with Gasteiger partial charge in [0.2, 0.25) is 5.91 Å². The lowest BCUT2D eigenvalue weighted by Gasteiger charge is -2.25. The number of H-pyrrole nitrogens is 1. The minimum Gasteiger partial charge on any atom is -0.337 e. The minimum absolute atomic E-state index is 0.0619. The van der Waals surface area contributed by atoms with Crippen molar-refractivity contribution >= 4 is 5.91 Å². The van der Waals surface area contributed by atoms with Crippen LogP contribution in [0.4, 0.5) is 4.39 Å². The van der Waals surface area contributed by atoms with Crippen molar-refractivity contribution in [2.45, 2.75) is 26.3 Å². The van der Waals surface area contributed by atoms with Gasteiger partial charge in [-0.25, -0.2) is 9.37 Å². The fourth-order valence-corrected chi connectivity index (χ4v) is 3.36. The number of amides is 1. The molecule has 2 aromatic heterocycles. The van der Waals surface area contributed by atoms with Gasteiger partial charge in [0.25, 0.3) is 5.56 Å². The Morgan fingerprint density at radius 2 is 1.75 bits per heavy atom. The number of aromatic nitrogens is 3. The summed E-state index contributed by atoms with van der Waals surface area (Å²) >= 11 is 0. The fourth-order valence-electron chi connectivity index (χ4n) is 3.36. The summed E-state index contributed by atoms with van der Waals surface area (Å²) in [6, 6.07) is 9.70. The van der Waals surface area contributed by atoms with Gasteiger partial charge in [0.05, 0.1) is 0 Å². The van der Waals surface area contributed by atoms with E-state index in [4.69, 9.17) is 0 Å². The van der Waals surface area contributed by atoms with Crippen molar-refractivity contribution in [1.29, 1.82) is 0 Å². The van der Waals surface area contributed by atoms with Crippen LogP contribution in [0.5, 0.6) is 0 Å². The third-order valence-corrected chi connectivity index (χ3v) is 5.22. The first kappa shape index (κ1) is 23.3. The van der Waals surface area contributed by atoms with E-state index in [1.54, 1.807) is 48.5 Å². The van der Waals surface area contributed by atoms with E-state index in [1.165, 1.54) is 12.1 Å². The SMILES string of the molecule is Cc1nc(-c2ccncc2)[nH]c(=O)c1CCC(=O)N(CCN(C)C)Cc1ccc(F)cc1. The summed E-state index contributed by atoms with van der Waals surface area (Å²) < 4.78 is 13.2. The monoisotopic (exact) mass is 437 g/mol. The zero-order chi connectivity index (χ0) is 23.1. The van der Waals surface area contributed by atoms with Gasteiger partial charge in [-0.3, -0.25) is 14.6 Å². The van der Waals surface area contributed by atoms with E-state index in [0.717, 1.165) is 11.1 Å². The van der Waals surface area contributed by atoms with E-state index in [2.05, 4.69) is 15.0 Å². The van der Waals surface area contributed by atoms with Crippen LogP contribution in [0.2, 0.25) is 0 Å². The average molecular weight is 438 g/mol. The standard InChI is InChI=1S/C24H28FN5O2/c1-17-21(24(32)28-23(27-17)19-10-12-26-13-11-19)8-9-22(31)30(15-14-29(2)3)16-18-4-6-20(25)7-5-18/h4-7,10-13H,8-9,14-16H2,1-3H3,(H,27,28,32). The summed E-state index contributed by atoms with van der Waals surface area (Å²) in [7, 11) is 3.89. The van der Waals surface area contributed by atoms with Gasteiger partial charge < -0.3 is 14.8 Å². The Morgan fingerprint density at radius 3 is 2.38 bits per heavy atom. The number of nitrogens with zero attached hydrogens (tertiary/aromatic N) is 4. The quantitative estimate of drug-likeness (QED) is 0.557. The topological polar surface area (TPSA) is 82.2 Å². The Balaban J connectivity index is 1.72. The first-order valence-corrected chi connectivity index (χ1v) is 10.5. The molecule has 1 aromatic carbocycles. The van der Waals surface area contributed by atoms with Crippen molar-refractivity contribution in [2.75, 3.05) is 27.2 Å². The van der Waals surface area contributed by atoms with Crippen LogP contribution < -0.4 is 5.56 Å². The van der Waals surface area contributed by atoms with Crippen molar-refractivity contribution in [1.82, 2.24) is 24.8 Å². The summed E-state index contributed by atoms with van der Waals surface area (Å²) in [5, 5.41) is 0. The van der Waals surface area contributed by atoms with E-state index in [1.807, 2.05) is 19.0 Å². The van der Waals surface area contributed by atoms with Crippen molar-refractivity contribution in [2.24, 2.45) is 0 Å². The number of pyridine rings is 1. The fraction of sp³-hybridized carbons (Fsp3) is 0.333. The number of carbonyl (C=O) groups is 1. The van der Waals surface area contributed by atoms with Gasteiger partial charge in [0, 0.05) is 55.3 Å². The van der Waals surface area contributed by atoms with E-state index in [9.17, 15) is 14.0 Å². The van der Waals surface area contributed by atoms with Gasteiger partial charge in [-0.15, -0.1) is 0 Å². The average Bonchev–Trinajstić information content (AvgIpc) is 2.77. The van der Waals surface area contributed by atoms with Crippen LogP contribution >= 0.6 is 0 Å². The Labute approximate surface area is 186 Å². The molecular formula is C24H28FN5O2. The summed E-state index contributed by atoms with van der Waals surface area (Å²) in [5.74, 6) is 0.111. The van der Waals surface area contributed by atoms with Gasteiger partial charge in [0.1, 0.15) is 11.6 Å². The summed E-state index contributed by atoms with van der Waals surface area (Å²) in [6.45, 7) is 3.41. The molecule has 0 radical (unpaired) electrons. The van der Waals surface area contributed by atoms with Crippen LogP contribution in [0.3, 0.4) is 0 Å². The number of carbonyl (C=O) groups excluding carboxylic acids is 1. The second kappa shape index (κ2) is 10.8. The number of nitrogens with one attached hydrogen (secondary N) is 1. The minimum atomic E-state index is -0.308. The first-order valence-electron chi connectivity index (χ1n) is 10.5. The van der Waals surface area contributed by atoms with Crippen molar-refractivity contribution < 1.29 is 9.18 Å². The van der Waals surface area contributed by atoms with Crippen LogP contribution in [0.25, 0.3) is 11.4 Å². The molecule has 2 heterocycles. The second-order valence-corrected chi connectivity index (χ2v) is 7.96. The van der Waals surface area contributed by atoms with Gasteiger partial charge in [0.15, 0.2) is 0 Å². The van der Waals surface area contributed by atoms with Crippen LogP contribution in [-0.2, 0) is 17.8 Å². The first-order chi connectivity index (χ1) is 15.3. The molecule has 0 aliphatic rings. The number of aromatic amines is 1. The lowest BCUT2D eigenvalue weighted by Crippen LogP contribution is -2.36. The third-order valence-electron chi connectivity index (χ3n) is 5.22. The van der Waals surface area contributed by atoms with Crippen LogP contribution in [-0.4, -0.2) is 57.8 Å². The van der Waals surface area contributed by atoms with E-state index in [-0.39, 0.29) is 23.7 Å². The van der Waals surface area contributed by atoms with Gasteiger partial charge in [-0.05, 0) is 57.3 Å². The Kier molecular flexibility index (Phi) is 7.83. The molecule has 0 saturated carbocycles. The molecule has 0 bridgehead atoms. The maximum absolute atomic E-state index is 13.2. The number of benzene rings is 1. The predicted octanol–water partition coefficient (Wildman–Crippen LogP) is 2.80. The van der Waals surface area contributed by atoms with Gasteiger partial charge >= 0.3 is 0 Å². The molecule has 0 aliphatic carbocycles. The molecule has 7 nitrogen and oxygen atoms in total. The third kappa shape index (κ3) is 6.31. The second-order valence-electron chi connectivity index (χ2n) is 7.96. The van der Waals surface area contributed by atoms with Crippen molar-refractivity contribution in [3.8, 4) is 11.4 Å². The normalized spacial score (nSPS) is 11.0. The summed E-state index contributed by atoms with van der Waals surface area (Å²) in [6.07, 6.45) is 3.77.